The van der Waals surface area contributed by atoms with Crippen molar-refractivity contribution in [3.63, 3.8) is 0 Å². The fourth-order valence-electron chi connectivity index (χ4n) is 0.971. The molecule has 5 heteroatoms. The smallest absolute Gasteiger partial charge is 0.252 e. The second-order valence-corrected chi connectivity index (χ2v) is 3.11. The summed E-state index contributed by atoms with van der Waals surface area (Å²) in [4.78, 5) is 11.7. The Labute approximate surface area is 79.6 Å². The zero-order chi connectivity index (χ0) is 9.84. The van der Waals surface area contributed by atoms with Crippen molar-refractivity contribution in [2.24, 2.45) is 0 Å². The number of pyridine rings is 1. The zero-order valence-corrected chi connectivity index (χ0v) is 7.68. The van der Waals surface area contributed by atoms with E-state index in [4.69, 9.17) is 0 Å². The first kappa shape index (κ1) is 10.2. The highest BCUT2D eigenvalue weighted by Gasteiger charge is 2.10. The Morgan fingerprint density at radius 2 is 2.08 bits per heavy atom. The van der Waals surface area contributed by atoms with Gasteiger partial charge in [-0.3, -0.25) is 4.79 Å². The maximum absolute atomic E-state index is 12.2. The molecule has 1 heterocycles. The van der Waals surface area contributed by atoms with Crippen LogP contribution < -0.4 is 5.56 Å². The van der Waals surface area contributed by atoms with E-state index in [0.717, 1.165) is 4.57 Å². The average Bonchev–Trinajstić information content (AvgIpc) is 2.10. The molecule has 0 saturated carbocycles. The minimum Gasteiger partial charge on any atom is -0.307 e. The van der Waals surface area contributed by atoms with Gasteiger partial charge in [0.2, 0.25) is 0 Å². The van der Waals surface area contributed by atoms with Crippen molar-refractivity contribution in [2.45, 2.75) is 10.9 Å². The van der Waals surface area contributed by atoms with Crippen molar-refractivity contribution >= 4 is 12.6 Å². The van der Waals surface area contributed by atoms with Crippen molar-refractivity contribution in [2.75, 3.05) is 13.3 Å². The number of hydrogen-bond acceptors (Lipinski definition) is 2. The minimum absolute atomic E-state index is 0.437. The number of rotatable bonds is 3. The molecule has 0 amide bonds. The predicted molar refractivity (Wildman–Crippen MR) is 48.9 cm³/mol. The van der Waals surface area contributed by atoms with Crippen LogP contribution in [0.5, 0.6) is 0 Å². The summed E-state index contributed by atoms with van der Waals surface area (Å²) in [5.41, 5.74) is -0.437. The quantitative estimate of drug-likeness (QED) is 0.744. The SMILES string of the molecule is O=c1cc(S)ccn1C(CF)CF. The largest absolute Gasteiger partial charge is 0.307 e. The fraction of sp³-hybridized carbons (Fsp3) is 0.375. The van der Waals surface area contributed by atoms with Gasteiger partial charge in [0.1, 0.15) is 13.3 Å². The predicted octanol–water partition coefficient (Wildman–Crippen LogP) is 1.62. The lowest BCUT2D eigenvalue weighted by atomic mass is 10.3. The number of alkyl halides is 2. The van der Waals surface area contributed by atoms with Crippen molar-refractivity contribution in [3.05, 3.63) is 28.7 Å². The van der Waals surface area contributed by atoms with Crippen LogP contribution in [-0.2, 0) is 0 Å². The van der Waals surface area contributed by atoms with Gasteiger partial charge in [0.05, 0.1) is 6.04 Å². The van der Waals surface area contributed by atoms with Gasteiger partial charge >= 0.3 is 0 Å². The molecule has 1 rings (SSSR count). The van der Waals surface area contributed by atoms with E-state index in [1.165, 1.54) is 18.3 Å². The van der Waals surface area contributed by atoms with Crippen LogP contribution in [0.4, 0.5) is 8.78 Å². The summed E-state index contributed by atoms with van der Waals surface area (Å²) in [6.45, 7) is -1.77. The van der Waals surface area contributed by atoms with Gasteiger partial charge in [0, 0.05) is 17.2 Å². The van der Waals surface area contributed by atoms with Crippen molar-refractivity contribution in [1.82, 2.24) is 4.57 Å². The van der Waals surface area contributed by atoms with Crippen LogP contribution in [0.1, 0.15) is 6.04 Å². The van der Waals surface area contributed by atoms with Crippen LogP contribution in [0.3, 0.4) is 0 Å². The lowest BCUT2D eigenvalue weighted by molar-refractivity contribution is 0.283. The van der Waals surface area contributed by atoms with Gasteiger partial charge in [-0.15, -0.1) is 12.6 Å². The highest BCUT2D eigenvalue weighted by atomic mass is 32.1. The molecule has 0 N–H and O–H groups in total. The summed E-state index contributed by atoms with van der Waals surface area (Å²) in [5, 5.41) is 0. The molecule has 13 heavy (non-hydrogen) atoms. The van der Waals surface area contributed by atoms with E-state index in [2.05, 4.69) is 12.6 Å². The third kappa shape index (κ3) is 2.30. The molecule has 0 bridgehead atoms. The summed E-state index contributed by atoms with van der Waals surface area (Å²) in [6.07, 6.45) is 1.34. The van der Waals surface area contributed by atoms with Crippen molar-refractivity contribution in [1.29, 1.82) is 0 Å². The Morgan fingerprint density at radius 1 is 1.46 bits per heavy atom. The molecule has 0 radical (unpaired) electrons. The molecule has 2 nitrogen and oxygen atoms in total. The van der Waals surface area contributed by atoms with E-state index >= 15 is 0 Å². The van der Waals surface area contributed by atoms with Gasteiger partial charge in [0.25, 0.3) is 5.56 Å². The maximum atomic E-state index is 12.2. The highest BCUT2D eigenvalue weighted by Crippen LogP contribution is 2.07. The lowest BCUT2D eigenvalue weighted by Crippen LogP contribution is -2.26. The summed E-state index contributed by atoms with van der Waals surface area (Å²) >= 11 is 3.93. The third-order valence-corrected chi connectivity index (χ3v) is 1.96. The van der Waals surface area contributed by atoms with Crippen LogP contribution >= 0.6 is 12.6 Å². The van der Waals surface area contributed by atoms with Crippen molar-refractivity contribution < 1.29 is 8.78 Å². The molecular formula is C8H9F2NOS. The topological polar surface area (TPSA) is 22.0 Å². The van der Waals surface area contributed by atoms with E-state index in [-0.39, 0.29) is 0 Å². The Hall–Kier alpha value is -0.840. The highest BCUT2D eigenvalue weighted by molar-refractivity contribution is 7.80. The van der Waals surface area contributed by atoms with Crippen LogP contribution in [0.25, 0.3) is 0 Å². The summed E-state index contributed by atoms with van der Waals surface area (Å²) in [6, 6.07) is 1.73. The zero-order valence-electron chi connectivity index (χ0n) is 6.78. The molecule has 1 aromatic rings. The molecule has 72 valence electrons. The number of nitrogens with zero attached hydrogens (tertiary/aromatic N) is 1. The lowest BCUT2D eigenvalue weighted by Gasteiger charge is -2.12. The van der Waals surface area contributed by atoms with Gasteiger partial charge in [-0.2, -0.15) is 0 Å². The van der Waals surface area contributed by atoms with Crippen LogP contribution in [0.2, 0.25) is 0 Å². The second kappa shape index (κ2) is 4.41. The molecule has 0 fully saturated rings. The second-order valence-electron chi connectivity index (χ2n) is 2.59. The number of aromatic nitrogens is 1. The summed E-state index contributed by atoms with van der Waals surface area (Å²) in [5.74, 6) is 0. The van der Waals surface area contributed by atoms with Crippen molar-refractivity contribution in [3.8, 4) is 0 Å². The molecule has 0 aliphatic carbocycles. The Bertz CT molecular complexity index is 335. The summed E-state index contributed by atoms with van der Waals surface area (Å²) < 4.78 is 25.4. The summed E-state index contributed by atoms with van der Waals surface area (Å²) in [7, 11) is 0. The number of halogens is 2. The molecule has 0 aliphatic rings. The average molecular weight is 205 g/mol. The number of hydrogen-bond donors (Lipinski definition) is 1. The van der Waals surface area contributed by atoms with Crippen LogP contribution in [-0.4, -0.2) is 17.9 Å². The molecule has 0 atom stereocenters. The van der Waals surface area contributed by atoms with Gasteiger partial charge < -0.3 is 4.57 Å². The molecule has 0 unspecified atom stereocenters. The first-order valence-corrected chi connectivity index (χ1v) is 4.17. The van der Waals surface area contributed by atoms with E-state index < -0.39 is 25.0 Å². The third-order valence-electron chi connectivity index (χ3n) is 1.68. The monoisotopic (exact) mass is 205 g/mol. The molecule has 0 spiro atoms. The van der Waals surface area contributed by atoms with E-state index in [1.807, 2.05) is 0 Å². The van der Waals surface area contributed by atoms with Gasteiger partial charge in [-0.1, -0.05) is 0 Å². The first-order chi connectivity index (χ1) is 6.19. The normalized spacial score (nSPS) is 10.8. The van der Waals surface area contributed by atoms with E-state index in [1.54, 1.807) is 0 Å². The van der Waals surface area contributed by atoms with Gasteiger partial charge in [-0.25, -0.2) is 8.78 Å². The maximum Gasteiger partial charge on any atom is 0.252 e. The molecule has 1 aromatic heterocycles. The molecule has 0 saturated heterocycles. The molecule has 0 aliphatic heterocycles. The Kier molecular flexibility index (Phi) is 3.48. The molecular weight excluding hydrogens is 196 g/mol. The number of thiol groups is 1. The van der Waals surface area contributed by atoms with E-state index in [0.29, 0.717) is 4.90 Å². The minimum atomic E-state index is -1.01. The molecule has 0 aromatic carbocycles. The van der Waals surface area contributed by atoms with Gasteiger partial charge in [-0.05, 0) is 6.07 Å². The fourth-order valence-corrected chi connectivity index (χ4v) is 1.15. The van der Waals surface area contributed by atoms with E-state index in [9.17, 15) is 13.6 Å². The Morgan fingerprint density at radius 3 is 2.54 bits per heavy atom. The standard InChI is InChI=1S/C8H9F2NOS/c9-4-6(5-10)11-2-1-7(13)3-8(11)12/h1-3,6,13H,4-5H2. The van der Waals surface area contributed by atoms with Gasteiger partial charge in [0.15, 0.2) is 0 Å². The van der Waals surface area contributed by atoms with Crippen LogP contribution in [0.15, 0.2) is 28.0 Å². The van der Waals surface area contributed by atoms with Crippen LogP contribution in [0, 0.1) is 0 Å². The first-order valence-electron chi connectivity index (χ1n) is 3.72. The Balaban J connectivity index is 3.07.